The van der Waals surface area contributed by atoms with Crippen molar-refractivity contribution in [3.05, 3.63) is 12.7 Å². The molecule has 0 aromatic rings. The van der Waals surface area contributed by atoms with E-state index < -0.39 is 5.97 Å². The van der Waals surface area contributed by atoms with E-state index in [9.17, 15) is 14.7 Å². The lowest BCUT2D eigenvalue weighted by atomic mass is 10.2. The van der Waals surface area contributed by atoms with Gasteiger partial charge in [-0.3, -0.25) is 19.5 Å². The molecule has 30 heavy (non-hydrogen) atoms. The highest BCUT2D eigenvalue weighted by Crippen LogP contribution is 2.03. The molecule has 1 fully saturated rings. The summed E-state index contributed by atoms with van der Waals surface area (Å²) < 4.78 is 0. The molecule has 0 aliphatic carbocycles. The third-order valence-electron chi connectivity index (χ3n) is 4.63. The summed E-state index contributed by atoms with van der Waals surface area (Å²) in [5, 5.41) is 9.20. The second-order valence-electron chi connectivity index (χ2n) is 7.42. The lowest BCUT2D eigenvalue weighted by Gasteiger charge is -2.33. The number of carboxylic acid groups (broad SMARTS) is 1. The number of carbonyl (C=O) groups excluding carboxylic acids is 1. The van der Waals surface area contributed by atoms with E-state index in [2.05, 4.69) is 35.1 Å². The van der Waals surface area contributed by atoms with Crippen LogP contribution in [0.4, 0.5) is 0 Å². The van der Waals surface area contributed by atoms with Gasteiger partial charge in [0.25, 0.3) is 0 Å². The highest BCUT2D eigenvalue weighted by molar-refractivity contribution is 5.69. The standard InChI is InChI=1S/C19H36N4O3.2C2H6/c1-4-5-20-6-7-21(14-15-24)9-10-22(16-18(2)3)12-13-23(11-8-20)17-19(25)26;2*1-2/h4,15,18H,1,5-14,16-17H2,2-3H3,(H,25,26);2*1-2H3. The highest BCUT2D eigenvalue weighted by Gasteiger charge is 2.17. The first-order valence-electron chi connectivity index (χ1n) is 11.6. The quantitative estimate of drug-likeness (QED) is 0.470. The summed E-state index contributed by atoms with van der Waals surface area (Å²) in [6.45, 7) is 25.1. The molecule has 0 aromatic heterocycles. The molecule has 1 heterocycles. The summed E-state index contributed by atoms with van der Waals surface area (Å²) in [6.07, 6.45) is 2.85. The molecule has 7 nitrogen and oxygen atoms in total. The Labute approximate surface area is 185 Å². The first kappa shape index (κ1) is 30.9. The fourth-order valence-electron chi connectivity index (χ4n) is 3.28. The van der Waals surface area contributed by atoms with Crippen molar-refractivity contribution in [1.29, 1.82) is 0 Å². The predicted octanol–water partition coefficient (Wildman–Crippen LogP) is 2.39. The van der Waals surface area contributed by atoms with Crippen LogP contribution in [0.25, 0.3) is 0 Å². The number of hydrogen-bond acceptors (Lipinski definition) is 6. The first-order chi connectivity index (χ1) is 14.4. The second kappa shape index (κ2) is 21.0. The minimum atomic E-state index is -0.778. The number of aldehydes is 1. The lowest BCUT2D eigenvalue weighted by molar-refractivity contribution is -0.138. The van der Waals surface area contributed by atoms with Crippen LogP contribution in [-0.2, 0) is 9.59 Å². The lowest BCUT2D eigenvalue weighted by Crippen LogP contribution is -2.47. The SMILES string of the molecule is C=CCN1CCN(CC=O)CCN(CC(C)C)CCN(CC(=O)O)CC1.CC.CC. The molecule has 1 aliphatic heterocycles. The molecular weight excluding hydrogens is 380 g/mol. The molecule has 1 rings (SSSR count). The number of hydrogen-bond donors (Lipinski definition) is 1. The van der Waals surface area contributed by atoms with Gasteiger partial charge >= 0.3 is 5.97 Å². The summed E-state index contributed by atoms with van der Waals surface area (Å²) in [4.78, 5) is 31.1. The molecule has 178 valence electrons. The molecule has 0 radical (unpaired) electrons. The van der Waals surface area contributed by atoms with Gasteiger partial charge in [0.15, 0.2) is 0 Å². The average Bonchev–Trinajstić information content (AvgIpc) is 2.72. The van der Waals surface area contributed by atoms with Crippen molar-refractivity contribution in [2.75, 3.05) is 78.5 Å². The van der Waals surface area contributed by atoms with Gasteiger partial charge in [-0.2, -0.15) is 0 Å². The van der Waals surface area contributed by atoms with Gasteiger partial charge < -0.3 is 14.8 Å². The van der Waals surface area contributed by atoms with Crippen LogP contribution in [0.5, 0.6) is 0 Å². The van der Waals surface area contributed by atoms with E-state index in [4.69, 9.17) is 0 Å². The summed E-state index contributed by atoms with van der Waals surface area (Å²) in [7, 11) is 0. The number of aliphatic carboxylic acids is 1. The topological polar surface area (TPSA) is 67.3 Å². The van der Waals surface area contributed by atoms with Crippen molar-refractivity contribution >= 4 is 12.3 Å². The van der Waals surface area contributed by atoms with Crippen LogP contribution in [-0.4, -0.2) is 115 Å². The van der Waals surface area contributed by atoms with Crippen molar-refractivity contribution in [1.82, 2.24) is 19.6 Å². The highest BCUT2D eigenvalue weighted by atomic mass is 16.4. The van der Waals surface area contributed by atoms with Gasteiger partial charge in [0.1, 0.15) is 6.29 Å². The van der Waals surface area contributed by atoms with Crippen molar-refractivity contribution in [2.45, 2.75) is 41.5 Å². The molecule has 1 N–H and O–H groups in total. The molecule has 0 unspecified atom stereocenters. The Morgan fingerprint density at radius 1 is 0.833 bits per heavy atom. The van der Waals surface area contributed by atoms with Crippen molar-refractivity contribution < 1.29 is 14.7 Å². The van der Waals surface area contributed by atoms with Gasteiger partial charge in [0.2, 0.25) is 0 Å². The third kappa shape index (κ3) is 16.5. The van der Waals surface area contributed by atoms with Crippen LogP contribution < -0.4 is 0 Å². The summed E-state index contributed by atoms with van der Waals surface area (Å²) in [6, 6.07) is 0. The normalized spacial score (nSPS) is 18.1. The van der Waals surface area contributed by atoms with Crippen LogP contribution in [0, 0.1) is 5.92 Å². The van der Waals surface area contributed by atoms with Crippen LogP contribution in [0.1, 0.15) is 41.5 Å². The minimum absolute atomic E-state index is 0.0781. The van der Waals surface area contributed by atoms with Crippen molar-refractivity contribution in [3.63, 3.8) is 0 Å². The number of carboxylic acids is 1. The number of carbonyl (C=O) groups is 2. The molecule has 0 aromatic carbocycles. The van der Waals surface area contributed by atoms with Gasteiger partial charge in [-0.05, 0) is 5.92 Å². The minimum Gasteiger partial charge on any atom is -0.480 e. The Bertz CT molecular complexity index is 433. The van der Waals surface area contributed by atoms with E-state index in [-0.39, 0.29) is 6.54 Å². The maximum atomic E-state index is 11.2. The van der Waals surface area contributed by atoms with Gasteiger partial charge in [-0.25, -0.2) is 0 Å². The van der Waals surface area contributed by atoms with Crippen molar-refractivity contribution in [3.8, 4) is 0 Å². The Morgan fingerprint density at radius 3 is 1.60 bits per heavy atom. The Balaban J connectivity index is 0. The summed E-state index contributed by atoms with van der Waals surface area (Å²) in [5.74, 6) is -0.224. The zero-order chi connectivity index (χ0) is 23.4. The Kier molecular flexibility index (Phi) is 21.6. The third-order valence-corrected chi connectivity index (χ3v) is 4.63. The number of rotatable bonds is 8. The Hall–Kier alpha value is -1.28. The molecular formula is C23H48N4O3. The maximum Gasteiger partial charge on any atom is 0.317 e. The fourth-order valence-corrected chi connectivity index (χ4v) is 3.28. The summed E-state index contributed by atoms with van der Waals surface area (Å²) in [5.41, 5.74) is 0. The maximum absolute atomic E-state index is 11.2. The van der Waals surface area contributed by atoms with Crippen LogP contribution >= 0.6 is 0 Å². The molecule has 1 aliphatic rings. The van der Waals surface area contributed by atoms with E-state index in [0.29, 0.717) is 12.5 Å². The summed E-state index contributed by atoms with van der Waals surface area (Å²) >= 11 is 0. The fraction of sp³-hybridized carbons (Fsp3) is 0.826. The molecule has 0 bridgehead atoms. The second-order valence-corrected chi connectivity index (χ2v) is 7.42. The number of nitrogens with zero attached hydrogens (tertiary/aromatic N) is 4. The van der Waals surface area contributed by atoms with Gasteiger partial charge in [0.05, 0.1) is 13.1 Å². The predicted molar refractivity (Wildman–Crippen MR) is 127 cm³/mol. The average molecular weight is 429 g/mol. The Morgan fingerprint density at radius 2 is 1.23 bits per heavy atom. The molecule has 0 spiro atoms. The smallest absolute Gasteiger partial charge is 0.317 e. The van der Waals surface area contributed by atoms with E-state index in [1.165, 1.54) is 0 Å². The van der Waals surface area contributed by atoms with Crippen LogP contribution in [0.15, 0.2) is 12.7 Å². The van der Waals surface area contributed by atoms with Crippen LogP contribution in [0.2, 0.25) is 0 Å². The van der Waals surface area contributed by atoms with Gasteiger partial charge in [-0.1, -0.05) is 47.6 Å². The van der Waals surface area contributed by atoms with E-state index in [1.807, 2.05) is 38.7 Å². The zero-order valence-electron chi connectivity index (χ0n) is 20.5. The van der Waals surface area contributed by atoms with Gasteiger partial charge in [0, 0.05) is 65.4 Å². The molecule has 0 atom stereocenters. The zero-order valence-corrected chi connectivity index (χ0v) is 20.5. The van der Waals surface area contributed by atoms with E-state index >= 15 is 0 Å². The molecule has 0 amide bonds. The van der Waals surface area contributed by atoms with E-state index in [0.717, 1.165) is 71.7 Å². The molecule has 0 saturated carbocycles. The van der Waals surface area contributed by atoms with Crippen molar-refractivity contribution in [2.24, 2.45) is 5.92 Å². The van der Waals surface area contributed by atoms with E-state index in [1.54, 1.807) is 0 Å². The monoisotopic (exact) mass is 428 g/mol. The molecule has 7 heteroatoms. The van der Waals surface area contributed by atoms with Gasteiger partial charge in [-0.15, -0.1) is 6.58 Å². The first-order valence-corrected chi connectivity index (χ1v) is 11.6. The van der Waals surface area contributed by atoms with Crippen LogP contribution in [0.3, 0.4) is 0 Å². The largest absolute Gasteiger partial charge is 0.480 e. The molecule has 1 saturated heterocycles.